The number of thiophene rings is 1. The van der Waals surface area contributed by atoms with Crippen molar-refractivity contribution in [3.8, 4) is 0 Å². The van der Waals surface area contributed by atoms with Gasteiger partial charge in [-0.1, -0.05) is 38.1 Å². The van der Waals surface area contributed by atoms with Crippen molar-refractivity contribution >= 4 is 28.8 Å². The van der Waals surface area contributed by atoms with Gasteiger partial charge in [0.15, 0.2) is 0 Å². The quantitative estimate of drug-likeness (QED) is 0.495. The largest absolute Gasteiger partial charge is 0.368 e. The Bertz CT molecular complexity index is 1190. The number of carbonyl (C=O) groups is 2. The summed E-state index contributed by atoms with van der Waals surface area (Å²) in [5, 5.41) is 2.01. The normalized spacial score (nSPS) is 20.3. The highest BCUT2D eigenvalue weighted by molar-refractivity contribution is 7.10. The molecule has 5 nitrogen and oxygen atoms in total. The first-order valence-electron chi connectivity index (χ1n) is 12.2. The van der Waals surface area contributed by atoms with Crippen molar-refractivity contribution in [2.24, 2.45) is 5.92 Å². The van der Waals surface area contributed by atoms with E-state index in [2.05, 4.69) is 18.7 Å². The number of nitrogens with zero attached hydrogens (tertiary/aromatic N) is 3. The molecular weight excluding hydrogens is 461 g/mol. The molecular formula is C28H30FN3O2S. The van der Waals surface area contributed by atoms with Gasteiger partial charge in [0.1, 0.15) is 5.82 Å². The van der Waals surface area contributed by atoms with Gasteiger partial charge in [-0.25, -0.2) is 4.39 Å². The van der Waals surface area contributed by atoms with E-state index < -0.39 is 5.92 Å². The van der Waals surface area contributed by atoms with E-state index in [0.717, 1.165) is 16.1 Å². The Labute approximate surface area is 209 Å². The van der Waals surface area contributed by atoms with Crippen molar-refractivity contribution in [2.45, 2.75) is 25.8 Å². The van der Waals surface area contributed by atoms with Crippen LogP contribution in [0.2, 0.25) is 0 Å². The van der Waals surface area contributed by atoms with E-state index in [1.54, 1.807) is 23.5 Å². The molecule has 0 bridgehead atoms. The number of rotatable bonds is 5. The number of fused-ring (bicyclic) bond motifs is 1. The second-order valence-corrected chi connectivity index (χ2v) is 10.6. The van der Waals surface area contributed by atoms with Crippen molar-refractivity contribution < 1.29 is 14.0 Å². The van der Waals surface area contributed by atoms with Crippen LogP contribution in [0.15, 0.2) is 66.0 Å². The van der Waals surface area contributed by atoms with Crippen molar-refractivity contribution in [3.63, 3.8) is 0 Å². The number of carbonyl (C=O) groups excluding carboxylic acids is 2. The molecule has 7 heteroatoms. The van der Waals surface area contributed by atoms with Gasteiger partial charge in [0, 0.05) is 48.9 Å². The molecule has 1 saturated heterocycles. The number of hydrogen-bond donors (Lipinski definition) is 0. The Kier molecular flexibility index (Phi) is 6.60. The van der Waals surface area contributed by atoms with Crippen LogP contribution in [0.1, 0.15) is 46.6 Å². The van der Waals surface area contributed by atoms with Gasteiger partial charge in [-0.2, -0.15) is 0 Å². The highest BCUT2D eigenvalue weighted by Crippen LogP contribution is 2.45. The van der Waals surface area contributed by atoms with Crippen molar-refractivity contribution in [1.82, 2.24) is 9.80 Å². The summed E-state index contributed by atoms with van der Waals surface area (Å²) in [6.07, 6.45) is 0. The summed E-state index contributed by atoms with van der Waals surface area (Å²) in [7, 11) is 0. The first-order valence-corrected chi connectivity index (χ1v) is 13.0. The molecule has 182 valence electrons. The number of benzene rings is 2. The first-order chi connectivity index (χ1) is 16.9. The lowest BCUT2D eigenvalue weighted by Crippen LogP contribution is -2.53. The van der Waals surface area contributed by atoms with E-state index in [9.17, 15) is 14.0 Å². The third kappa shape index (κ3) is 4.57. The average molecular weight is 492 g/mol. The molecule has 0 unspecified atom stereocenters. The highest BCUT2D eigenvalue weighted by Gasteiger charge is 2.46. The predicted molar refractivity (Wildman–Crippen MR) is 137 cm³/mol. The summed E-state index contributed by atoms with van der Waals surface area (Å²) in [5.41, 5.74) is 2.41. The van der Waals surface area contributed by atoms with Gasteiger partial charge in [-0.3, -0.25) is 9.59 Å². The average Bonchev–Trinajstić information content (AvgIpc) is 3.40. The van der Waals surface area contributed by atoms with Crippen LogP contribution in [0.3, 0.4) is 0 Å². The number of amides is 2. The van der Waals surface area contributed by atoms with Gasteiger partial charge < -0.3 is 14.7 Å². The lowest BCUT2D eigenvalue weighted by molar-refractivity contribution is -0.135. The Hall–Kier alpha value is -3.19. The summed E-state index contributed by atoms with van der Waals surface area (Å²) in [6.45, 7) is 7.34. The number of piperazine rings is 1. The van der Waals surface area contributed by atoms with Crippen LogP contribution in [0.5, 0.6) is 0 Å². The summed E-state index contributed by atoms with van der Waals surface area (Å²) in [6, 6.07) is 17.8. The van der Waals surface area contributed by atoms with Crippen LogP contribution in [0, 0.1) is 11.7 Å². The Morgan fingerprint density at radius 1 is 1.00 bits per heavy atom. The van der Waals surface area contributed by atoms with Gasteiger partial charge in [0.2, 0.25) is 5.91 Å². The summed E-state index contributed by atoms with van der Waals surface area (Å²) in [5.74, 6) is -0.354. The van der Waals surface area contributed by atoms with E-state index in [0.29, 0.717) is 38.3 Å². The highest BCUT2D eigenvalue weighted by atomic mass is 32.1. The molecule has 0 spiro atoms. The maximum absolute atomic E-state index is 14.2. The lowest BCUT2D eigenvalue weighted by Gasteiger charge is -2.44. The van der Waals surface area contributed by atoms with Crippen molar-refractivity contribution in [1.29, 1.82) is 0 Å². The van der Waals surface area contributed by atoms with Crippen LogP contribution in [0.4, 0.5) is 10.1 Å². The van der Waals surface area contributed by atoms with Gasteiger partial charge in [-0.05, 0) is 53.3 Å². The molecule has 0 aliphatic carbocycles. The lowest BCUT2D eigenvalue weighted by atomic mass is 9.80. The molecule has 1 fully saturated rings. The van der Waals surface area contributed by atoms with Crippen LogP contribution < -0.4 is 4.90 Å². The molecule has 2 aliphatic heterocycles. The summed E-state index contributed by atoms with van der Waals surface area (Å²) >= 11 is 1.60. The molecule has 2 amide bonds. The van der Waals surface area contributed by atoms with Gasteiger partial charge in [-0.15, -0.1) is 11.3 Å². The maximum Gasteiger partial charge on any atom is 0.254 e. The van der Waals surface area contributed by atoms with E-state index >= 15 is 0 Å². The monoisotopic (exact) mass is 491 g/mol. The van der Waals surface area contributed by atoms with Crippen molar-refractivity contribution in [3.05, 3.63) is 87.9 Å². The minimum Gasteiger partial charge on any atom is -0.368 e. The Balaban J connectivity index is 1.46. The van der Waals surface area contributed by atoms with Crippen LogP contribution in [-0.4, -0.2) is 54.3 Å². The molecule has 3 aromatic rings. The molecule has 1 aromatic heterocycles. The van der Waals surface area contributed by atoms with Crippen LogP contribution in [-0.2, 0) is 4.79 Å². The third-order valence-corrected chi connectivity index (χ3v) is 7.83. The zero-order chi connectivity index (χ0) is 24.5. The zero-order valence-corrected chi connectivity index (χ0v) is 20.9. The molecule has 35 heavy (non-hydrogen) atoms. The van der Waals surface area contributed by atoms with E-state index in [4.69, 9.17) is 0 Å². The molecule has 2 aliphatic rings. The van der Waals surface area contributed by atoms with E-state index in [1.807, 2.05) is 51.6 Å². The first kappa shape index (κ1) is 23.5. The molecule has 2 aromatic carbocycles. The predicted octanol–water partition coefficient (Wildman–Crippen LogP) is 5.17. The fourth-order valence-electron chi connectivity index (χ4n) is 5.26. The van der Waals surface area contributed by atoms with Crippen LogP contribution in [0.25, 0.3) is 0 Å². The van der Waals surface area contributed by atoms with Crippen molar-refractivity contribution in [2.75, 3.05) is 37.6 Å². The minimum absolute atomic E-state index is 0.00196. The third-order valence-electron chi connectivity index (χ3n) is 6.88. The topological polar surface area (TPSA) is 43.9 Å². The SMILES string of the molecule is CC(C)CN1C(=O)c2ccccc2[C@H](C(=O)N2CCN(c3ccc(F)cc3)CC2)[C@H]1c1cccs1. The Morgan fingerprint density at radius 2 is 1.71 bits per heavy atom. The molecule has 5 rings (SSSR count). The molecule has 2 atom stereocenters. The standard InChI is InChI=1S/C28H30FN3O2S/c1-19(2)18-32-26(24-8-5-17-35-24)25(22-6-3-4-7-23(22)27(32)33)28(34)31-15-13-30(14-16-31)21-11-9-20(29)10-12-21/h3-12,17,19,25-26H,13-16,18H2,1-2H3/t25-,26+/m0/s1. The fourth-order valence-corrected chi connectivity index (χ4v) is 6.14. The smallest absolute Gasteiger partial charge is 0.254 e. The zero-order valence-electron chi connectivity index (χ0n) is 20.1. The Morgan fingerprint density at radius 3 is 2.37 bits per heavy atom. The van der Waals surface area contributed by atoms with E-state index in [-0.39, 0.29) is 29.6 Å². The molecule has 3 heterocycles. The number of anilines is 1. The van der Waals surface area contributed by atoms with Gasteiger partial charge in [0.25, 0.3) is 5.91 Å². The maximum atomic E-state index is 14.2. The molecule has 0 radical (unpaired) electrons. The number of halogens is 1. The second kappa shape index (κ2) is 9.82. The molecule has 0 N–H and O–H groups in total. The van der Waals surface area contributed by atoms with Gasteiger partial charge in [0.05, 0.1) is 12.0 Å². The summed E-state index contributed by atoms with van der Waals surface area (Å²) in [4.78, 5) is 34.8. The van der Waals surface area contributed by atoms with Gasteiger partial charge >= 0.3 is 0 Å². The molecule has 0 saturated carbocycles. The fraction of sp³-hybridized carbons (Fsp3) is 0.357. The minimum atomic E-state index is -0.446. The summed E-state index contributed by atoms with van der Waals surface area (Å²) < 4.78 is 13.3. The second-order valence-electron chi connectivity index (χ2n) is 9.67. The number of hydrogen-bond acceptors (Lipinski definition) is 4. The van der Waals surface area contributed by atoms with E-state index in [1.165, 1.54) is 12.1 Å². The van der Waals surface area contributed by atoms with Crippen LogP contribution >= 0.6 is 11.3 Å².